The largest absolute Gasteiger partial charge is 0.311 e. The molecule has 7 heteroatoms. The summed E-state index contributed by atoms with van der Waals surface area (Å²) in [5.74, 6) is -0.285. The molecule has 0 atom stereocenters. The predicted octanol–water partition coefficient (Wildman–Crippen LogP) is 4.46. The molecule has 3 nitrogen and oxygen atoms in total. The van der Waals surface area contributed by atoms with Gasteiger partial charge in [0, 0.05) is 92.5 Å². The molecular weight excluding hydrogens is 610 g/mol. The number of alkyl halides is 3. The zero-order valence-electron chi connectivity index (χ0n) is 11.0. The van der Waals surface area contributed by atoms with Crippen molar-refractivity contribution in [3.05, 3.63) is 60.2 Å². The molecule has 0 bridgehead atoms. The fourth-order valence-corrected chi connectivity index (χ4v) is 2.59. The normalized spacial score (nSPS) is 11.9. The highest BCUT2D eigenvalue weighted by molar-refractivity contribution is 14.3. The Morgan fingerprint density at radius 2 is 1.76 bits per heavy atom. The maximum atomic E-state index is 13.6. The van der Waals surface area contributed by atoms with Crippen LogP contribution in [0.3, 0.4) is 0 Å². The lowest BCUT2D eigenvalue weighted by molar-refractivity contribution is -0.675. The number of rotatable bonds is 4. The lowest BCUT2D eigenvalue weighted by Gasteiger charge is -2.13. The lowest BCUT2D eigenvalue weighted by atomic mass is 10.3. The van der Waals surface area contributed by atoms with Crippen molar-refractivity contribution in [1.82, 2.24) is 0 Å². The van der Waals surface area contributed by atoms with E-state index in [1.54, 1.807) is 31.5 Å². The number of anilines is 1. The standard InChI is InChI=1S/C14H12FI3N3/c1-20(13-5-3-2-4-12(13)15)19-10-11-6-8-21(9-7-11)14(16,17)18/h2-10H,1H3/q+1. The monoisotopic (exact) mass is 622 g/mol. The average molecular weight is 622 g/mol. The van der Waals surface area contributed by atoms with E-state index in [4.69, 9.17) is 0 Å². The van der Waals surface area contributed by atoms with E-state index in [2.05, 4.69) is 77.4 Å². The van der Waals surface area contributed by atoms with Crippen LogP contribution in [-0.4, -0.2) is 13.3 Å². The molecule has 0 radical (unpaired) electrons. The number of hydrogen-bond donors (Lipinski definition) is 0. The number of para-hydroxylation sites is 1. The fourth-order valence-electron chi connectivity index (χ4n) is 1.62. The average Bonchev–Trinajstić information content (AvgIpc) is 2.45. The third-order valence-electron chi connectivity index (χ3n) is 2.73. The molecule has 2 aromatic rings. The number of pyridine rings is 1. The van der Waals surface area contributed by atoms with Gasteiger partial charge in [0.2, 0.25) is 0 Å². The number of hydrogen-bond acceptors (Lipinski definition) is 2. The van der Waals surface area contributed by atoms with Crippen LogP contribution in [0.1, 0.15) is 5.56 Å². The van der Waals surface area contributed by atoms with E-state index < -0.39 is 0 Å². The second kappa shape index (κ2) is 7.49. The van der Waals surface area contributed by atoms with Crippen LogP contribution >= 0.6 is 67.8 Å². The molecule has 0 aliphatic carbocycles. The van der Waals surface area contributed by atoms with E-state index in [9.17, 15) is 4.39 Å². The maximum absolute atomic E-state index is 13.6. The highest BCUT2D eigenvalue weighted by atomic mass is 127. The van der Waals surface area contributed by atoms with Crippen LogP contribution in [0.15, 0.2) is 53.9 Å². The first-order valence-electron chi connectivity index (χ1n) is 5.98. The summed E-state index contributed by atoms with van der Waals surface area (Å²) in [5.41, 5.74) is 1.41. The summed E-state index contributed by atoms with van der Waals surface area (Å²) in [4.78, 5) is 0. The summed E-state index contributed by atoms with van der Waals surface area (Å²) < 4.78 is 15.7. The van der Waals surface area contributed by atoms with E-state index in [0.717, 1.165) is 5.56 Å². The minimum Gasteiger partial charge on any atom is -0.266 e. The van der Waals surface area contributed by atoms with Gasteiger partial charge in [-0.25, -0.2) is 4.39 Å². The van der Waals surface area contributed by atoms with E-state index in [-0.39, 0.29) is 5.38 Å². The molecule has 0 amide bonds. The highest BCUT2D eigenvalue weighted by Gasteiger charge is 2.27. The molecule has 2 rings (SSSR count). The first kappa shape index (κ1) is 17.3. The number of benzene rings is 1. The van der Waals surface area contributed by atoms with Gasteiger partial charge in [0.1, 0.15) is 5.82 Å². The zero-order chi connectivity index (χ0) is 15.5. The van der Waals surface area contributed by atoms with Crippen LogP contribution in [0.25, 0.3) is 0 Å². The van der Waals surface area contributed by atoms with Crippen LogP contribution in [0.5, 0.6) is 0 Å². The Labute approximate surface area is 164 Å². The maximum Gasteiger partial charge on any atom is 0.311 e. The Kier molecular flexibility index (Phi) is 6.17. The summed E-state index contributed by atoms with van der Waals surface area (Å²) >= 11 is 7.05. The summed E-state index contributed by atoms with van der Waals surface area (Å²) in [5, 5.41) is 5.79. The first-order valence-corrected chi connectivity index (χ1v) is 9.22. The van der Waals surface area contributed by atoms with Crippen molar-refractivity contribution >= 4 is 79.7 Å². The molecule has 0 N–H and O–H groups in total. The van der Waals surface area contributed by atoms with Crippen LogP contribution in [-0.2, 0) is -0.441 Å². The van der Waals surface area contributed by atoms with Crippen molar-refractivity contribution in [2.24, 2.45) is 5.10 Å². The lowest BCUT2D eigenvalue weighted by Crippen LogP contribution is -2.42. The molecule has 1 aromatic carbocycles. The molecule has 0 spiro atoms. The van der Waals surface area contributed by atoms with Crippen molar-refractivity contribution in [2.45, 2.75) is -0.441 Å². The van der Waals surface area contributed by atoms with Gasteiger partial charge in [0.05, 0.1) is 11.9 Å². The Balaban J connectivity index is 2.13. The van der Waals surface area contributed by atoms with Crippen LogP contribution in [0.2, 0.25) is 0 Å². The topological polar surface area (TPSA) is 19.5 Å². The molecule has 1 heterocycles. The molecule has 110 valence electrons. The highest BCUT2D eigenvalue weighted by Crippen LogP contribution is 2.34. The fraction of sp³-hybridized carbons (Fsp3) is 0.143. The third-order valence-corrected chi connectivity index (χ3v) is 4.40. The first-order chi connectivity index (χ1) is 9.88. The van der Waals surface area contributed by atoms with Gasteiger partial charge in [-0.3, -0.25) is 5.01 Å². The second-order valence-corrected chi connectivity index (χ2v) is 15.1. The summed E-state index contributed by atoms with van der Waals surface area (Å²) in [7, 11) is 1.73. The van der Waals surface area contributed by atoms with Crippen LogP contribution in [0.4, 0.5) is 10.1 Å². The molecule has 0 aliphatic rings. The zero-order valence-corrected chi connectivity index (χ0v) is 17.5. The van der Waals surface area contributed by atoms with Crippen molar-refractivity contribution in [3.63, 3.8) is 0 Å². The van der Waals surface area contributed by atoms with Gasteiger partial charge < -0.3 is 0 Å². The molecule has 21 heavy (non-hydrogen) atoms. The predicted molar refractivity (Wildman–Crippen MR) is 109 cm³/mol. The second-order valence-electron chi connectivity index (χ2n) is 4.23. The van der Waals surface area contributed by atoms with E-state index in [1.807, 2.05) is 24.5 Å². The smallest absolute Gasteiger partial charge is 0.266 e. The summed E-state index contributed by atoms with van der Waals surface area (Å²) in [6.45, 7) is 0. The number of hydrazone groups is 1. The van der Waals surface area contributed by atoms with Gasteiger partial charge in [-0.2, -0.15) is 9.67 Å². The van der Waals surface area contributed by atoms with Gasteiger partial charge in [-0.05, 0) is 12.1 Å². The number of aromatic nitrogens is 1. The van der Waals surface area contributed by atoms with Crippen LogP contribution in [0, 0.1) is 5.82 Å². The van der Waals surface area contributed by atoms with E-state index >= 15 is 0 Å². The Morgan fingerprint density at radius 1 is 1.14 bits per heavy atom. The molecule has 0 saturated heterocycles. The van der Waals surface area contributed by atoms with Gasteiger partial charge in [0.25, 0.3) is 0 Å². The molecule has 0 fully saturated rings. The minimum absolute atomic E-state index is 0.0348. The number of halogens is 4. The third kappa shape index (κ3) is 4.98. The minimum atomic E-state index is -0.285. The van der Waals surface area contributed by atoms with Crippen LogP contribution < -0.4 is 9.58 Å². The van der Waals surface area contributed by atoms with Gasteiger partial charge in [0.15, 0.2) is 12.4 Å². The van der Waals surface area contributed by atoms with Crippen molar-refractivity contribution in [3.8, 4) is 0 Å². The van der Waals surface area contributed by atoms with Crippen molar-refractivity contribution in [1.29, 1.82) is 0 Å². The van der Waals surface area contributed by atoms with Crippen molar-refractivity contribution in [2.75, 3.05) is 12.1 Å². The van der Waals surface area contributed by atoms with Crippen molar-refractivity contribution < 1.29 is 8.96 Å². The Hall–Kier alpha value is -0.0400. The summed E-state index contributed by atoms with van der Waals surface area (Å²) in [6.07, 6.45) is 5.71. The van der Waals surface area contributed by atoms with E-state index in [0.29, 0.717) is 5.69 Å². The van der Waals surface area contributed by atoms with E-state index in [1.165, 1.54) is 11.1 Å². The Bertz CT molecular complexity index is 639. The van der Waals surface area contributed by atoms with Gasteiger partial charge >= 0.3 is -0.441 Å². The van der Waals surface area contributed by atoms with Gasteiger partial charge in [-0.1, -0.05) is 12.1 Å². The quantitative estimate of drug-likeness (QED) is 0.162. The molecule has 0 aliphatic heterocycles. The number of nitrogens with zero attached hydrogens (tertiary/aromatic N) is 3. The Morgan fingerprint density at radius 3 is 2.33 bits per heavy atom. The molecule has 1 aromatic heterocycles. The molecule has 0 unspecified atom stereocenters. The van der Waals surface area contributed by atoms with Gasteiger partial charge in [-0.15, -0.1) is 0 Å². The SMILES string of the molecule is CN(N=Cc1cc[n+](C(I)(I)I)cc1)c1ccccc1F. The summed E-state index contributed by atoms with van der Waals surface area (Å²) in [6, 6.07) is 10.5. The molecular formula is C14H12FI3N3+. The molecule has 0 saturated carbocycles.